The van der Waals surface area contributed by atoms with E-state index in [1.165, 1.54) is 34.4 Å². The van der Waals surface area contributed by atoms with Gasteiger partial charge in [0.2, 0.25) is 16.9 Å². The number of aryl methyl sites for hydroxylation is 1. The molecule has 0 radical (unpaired) electrons. The van der Waals surface area contributed by atoms with Gasteiger partial charge in [0, 0.05) is 11.3 Å². The summed E-state index contributed by atoms with van der Waals surface area (Å²) in [6, 6.07) is 0. The van der Waals surface area contributed by atoms with Crippen molar-refractivity contribution in [2.75, 3.05) is 17.2 Å². The number of carbonyl (C=O) groups is 3. The molecule has 11 heteroatoms. The summed E-state index contributed by atoms with van der Waals surface area (Å²) in [6.07, 6.45) is 4.28. The van der Waals surface area contributed by atoms with E-state index >= 15 is 0 Å². The third kappa shape index (κ3) is 6.29. The van der Waals surface area contributed by atoms with Gasteiger partial charge in [-0.2, -0.15) is 0 Å². The van der Waals surface area contributed by atoms with E-state index in [1.54, 1.807) is 13.8 Å². The summed E-state index contributed by atoms with van der Waals surface area (Å²) in [5, 5.41) is 14.2. The first kappa shape index (κ1) is 24.7. The minimum atomic E-state index is -0.462. The highest BCUT2D eigenvalue weighted by atomic mass is 32.2. The van der Waals surface area contributed by atoms with Crippen LogP contribution >= 0.6 is 34.4 Å². The SMILES string of the molecule is CCOC(=O)c1c(NC(=O)C(C)Sc2nnc(NC(=O)CC(C)C)s2)sc2c1CCCC2. The lowest BCUT2D eigenvalue weighted by atomic mass is 9.95. The van der Waals surface area contributed by atoms with E-state index in [0.29, 0.717) is 26.5 Å². The van der Waals surface area contributed by atoms with Crippen LogP contribution in [-0.2, 0) is 27.2 Å². The maximum Gasteiger partial charge on any atom is 0.341 e. The normalized spacial score (nSPS) is 14.0. The molecule has 0 saturated carbocycles. The predicted octanol–water partition coefficient (Wildman–Crippen LogP) is 4.76. The molecule has 2 aromatic rings. The predicted molar refractivity (Wildman–Crippen MR) is 129 cm³/mol. The van der Waals surface area contributed by atoms with Crippen LogP contribution in [0, 0.1) is 5.92 Å². The quantitative estimate of drug-likeness (QED) is 0.293. The van der Waals surface area contributed by atoms with Crippen LogP contribution in [-0.4, -0.2) is 39.8 Å². The Labute approximate surface area is 199 Å². The third-order valence-electron chi connectivity index (χ3n) is 4.78. The second-order valence-electron chi connectivity index (χ2n) is 7.90. The van der Waals surface area contributed by atoms with Crippen LogP contribution in [0.5, 0.6) is 0 Å². The van der Waals surface area contributed by atoms with E-state index in [9.17, 15) is 14.4 Å². The van der Waals surface area contributed by atoms with Crippen LogP contribution in [0.15, 0.2) is 4.34 Å². The molecular formula is C21H28N4O4S3. The molecular weight excluding hydrogens is 468 g/mol. The van der Waals surface area contributed by atoms with Crippen molar-refractivity contribution in [2.24, 2.45) is 5.92 Å². The molecule has 3 rings (SSSR count). The average molecular weight is 497 g/mol. The monoisotopic (exact) mass is 496 g/mol. The van der Waals surface area contributed by atoms with Crippen molar-refractivity contribution >= 4 is 62.4 Å². The van der Waals surface area contributed by atoms with Crippen molar-refractivity contribution in [3.8, 4) is 0 Å². The number of anilines is 2. The topological polar surface area (TPSA) is 110 Å². The first-order valence-corrected chi connectivity index (χ1v) is 13.2. The number of carbonyl (C=O) groups excluding carboxylic acids is 3. The number of amides is 2. The minimum absolute atomic E-state index is 0.105. The van der Waals surface area contributed by atoms with Crippen LogP contribution in [0.4, 0.5) is 10.1 Å². The number of hydrogen-bond donors (Lipinski definition) is 2. The Bertz CT molecular complexity index is 986. The van der Waals surface area contributed by atoms with Gasteiger partial charge in [0.25, 0.3) is 0 Å². The lowest BCUT2D eigenvalue weighted by Gasteiger charge is -2.13. The van der Waals surface area contributed by atoms with E-state index in [1.807, 2.05) is 13.8 Å². The maximum absolute atomic E-state index is 12.9. The standard InChI is InChI=1S/C21H28N4O4S3/c1-5-29-19(28)16-13-8-6-7-9-14(13)31-18(16)23-17(27)12(4)30-21-25-24-20(32-21)22-15(26)10-11(2)3/h11-12H,5-10H2,1-4H3,(H,23,27)(H,22,24,26). The van der Waals surface area contributed by atoms with Crippen molar-refractivity contribution in [2.45, 2.75) is 69.4 Å². The van der Waals surface area contributed by atoms with E-state index < -0.39 is 5.25 Å². The highest BCUT2D eigenvalue weighted by Crippen LogP contribution is 2.39. The fraction of sp³-hybridized carbons (Fsp3) is 0.571. The Morgan fingerprint density at radius 1 is 1.09 bits per heavy atom. The van der Waals surface area contributed by atoms with Gasteiger partial charge in [-0.05, 0) is 51.0 Å². The van der Waals surface area contributed by atoms with E-state index in [2.05, 4.69) is 20.8 Å². The fourth-order valence-electron chi connectivity index (χ4n) is 3.34. The molecule has 0 aromatic carbocycles. The van der Waals surface area contributed by atoms with Gasteiger partial charge >= 0.3 is 5.97 Å². The molecule has 2 aromatic heterocycles. The van der Waals surface area contributed by atoms with Gasteiger partial charge in [-0.15, -0.1) is 21.5 Å². The fourth-order valence-corrected chi connectivity index (χ4v) is 6.53. The summed E-state index contributed by atoms with van der Waals surface area (Å²) >= 11 is 3.97. The van der Waals surface area contributed by atoms with Crippen LogP contribution in [0.1, 0.15) is 67.8 Å². The molecule has 174 valence electrons. The largest absolute Gasteiger partial charge is 0.462 e. The zero-order valence-electron chi connectivity index (χ0n) is 18.6. The number of nitrogens with zero attached hydrogens (tertiary/aromatic N) is 2. The number of nitrogens with one attached hydrogen (secondary N) is 2. The molecule has 1 atom stereocenters. The van der Waals surface area contributed by atoms with Crippen LogP contribution in [0.2, 0.25) is 0 Å². The maximum atomic E-state index is 12.9. The molecule has 2 amide bonds. The molecule has 0 spiro atoms. The lowest BCUT2D eigenvalue weighted by molar-refractivity contribution is -0.117. The Hall–Kier alpha value is -1.98. The average Bonchev–Trinajstić information content (AvgIpc) is 3.30. The van der Waals surface area contributed by atoms with E-state index in [0.717, 1.165) is 36.1 Å². The zero-order chi connectivity index (χ0) is 23.3. The van der Waals surface area contributed by atoms with Gasteiger partial charge in [-0.1, -0.05) is 36.9 Å². The number of ether oxygens (including phenoxy) is 1. The van der Waals surface area contributed by atoms with Crippen LogP contribution in [0.3, 0.4) is 0 Å². The summed E-state index contributed by atoms with van der Waals surface area (Å²) in [6.45, 7) is 7.78. The summed E-state index contributed by atoms with van der Waals surface area (Å²) in [5.74, 6) is -0.456. The molecule has 1 unspecified atom stereocenters. The molecule has 0 saturated heterocycles. The number of hydrogen-bond acceptors (Lipinski definition) is 9. The van der Waals surface area contributed by atoms with Crippen molar-refractivity contribution in [1.29, 1.82) is 0 Å². The van der Waals surface area contributed by atoms with E-state index in [-0.39, 0.29) is 30.3 Å². The number of esters is 1. The second kappa shape index (κ2) is 11.2. The highest BCUT2D eigenvalue weighted by molar-refractivity contribution is 8.02. The molecule has 32 heavy (non-hydrogen) atoms. The van der Waals surface area contributed by atoms with E-state index in [4.69, 9.17) is 4.74 Å². The van der Waals surface area contributed by atoms with Crippen molar-refractivity contribution < 1.29 is 19.1 Å². The Morgan fingerprint density at radius 3 is 2.56 bits per heavy atom. The number of aromatic nitrogens is 2. The van der Waals surface area contributed by atoms with Crippen LogP contribution in [0.25, 0.3) is 0 Å². The first-order valence-electron chi connectivity index (χ1n) is 10.7. The Balaban J connectivity index is 1.66. The smallest absolute Gasteiger partial charge is 0.341 e. The zero-order valence-corrected chi connectivity index (χ0v) is 21.1. The van der Waals surface area contributed by atoms with Gasteiger partial charge in [-0.3, -0.25) is 9.59 Å². The molecule has 1 aliphatic rings. The van der Waals surface area contributed by atoms with Crippen molar-refractivity contribution in [3.63, 3.8) is 0 Å². The molecule has 2 N–H and O–H groups in total. The molecule has 2 heterocycles. The summed E-state index contributed by atoms with van der Waals surface area (Å²) in [4.78, 5) is 38.5. The van der Waals surface area contributed by atoms with Crippen LogP contribution < -0.4 is 10.6 Å². The molecule has 0 aliphatic heterocycles. The van der Waals surface area contributed by atoms with Gasteiger partial charge in [0.05, 0.1) is 17.4 Å². The molecule has 0 bridgehead atoms. The lowest BCUT2D eigenvalue weighted by Crippen LogP contribution is -2.23. The van der Waals surface area contributed by atoms with Gasteiger partial charge in [0.1, 0.15) is 5.00 Å². The van der Waals surface area contributed by atoms with Crippen molar-refractivity contribution in [3.05, 3.63) is 16.0 Å². The second-order valence-corrected chi connectivity index (χ2v) is 11.6. The summed E-state index contributed by atoms with van der Waals surface area (Å²) < 4.78 is 5.84. The summed E-state index contributed by atoms with van der Waals surface area (Å²) in [7, 11) is 0. The molecule has 8 nitrogen and oxygen atoms in total. The molecule has 0 fully saturated rings. The number of thioether (sulfide) groups is 1. The highest BCUT2D eigenvalue weighted by Gasteiger charge is 2.28. The van der Waals surface area contributed by atoms with Gasteiger partial charge in [-0.25, -0.2) is 4.79 Å². The number of rotatable bonds is 9. The number of thiophene rings is 1. The third-order valence-corrected chi connectivity index (χ3v) is 8.01. The van der Waals surface area contributed by atoms with Crippen molar-refractivity contribution in [1.82, 2.24) is 10.2 Å². The Morgan fingerprint density at radius 2 is 1.84 bits per heavy atom. The molecule has 1 aliphatic carbocycles. The minimum Gasteiger partial charge on any atom is -0.462 e. The summed E-state index contributed by atoms with van der Waals surface area (Å²) in [5.41, 5.74) is 1.52. The Kier molecular flexibility index (Phi) is 8.66. The number of fused-ring (bicyclic) bond motifs is 1. The van der Waals surface area contributed by atoms with Gasteiger partial charge < -0.3 is 15.4 Å². The first-order chi connectivity index (χ1) is 15.3. The van der Waals surface area contributed by atoms with Gasteiger partial charge in [0.15, 0.2) is 4.34 Å².